The molecule has 2 N–H and O–H groups in total. The molecule has 10 nitrogen and oxygen atoms in total. The molecule has 0 amide bonds. The molecule has 1 spiro atoms. The number of nitrogens with two attached hydrogens (primary N) is 1. The van der Waals surface area contributed by atoms with Gasteiger partial charge in [0.1, 0.15) is 17.0 Å². The first-order valence-electron chi connectivity index (χ1n) is 9.74. The van der Waals surface area contributed by atoms with Crippen molar-refractivity contribution in [2.45, 2.75) is 18.4 Å². The van der Waals surface area contributed by atoms with Crippen LogP contribution >= 0.6 is 0 Å². The van der Waals surface area contributed by atoms with Gasteiger partial charge in [-0.3, -0.25) is 4.79 Å². The number of carbonyl (C=O) groups excluding carboxylic acids is 1. The third-order valence-corrected chi connectivity index (χ3v) is 7.25. The lowest BCUT2D eigenvalue weighted by Crippen LogP contribution is -2.52. The van der Waals surface area contributed by atoms with Gasteiger partial charge < -0.3 is 15.2 Å². The largest absolute Gasteiger partial charge is 0.493 e. The zero-order valence-corrected chi connectivity index (χ0v) is 18.1. The van der Waals surface area contributed by atoms with Crippen molar-refractivity contribution in [3.8, 4) is 24.0 Å². The summed E-state index contributed by atoms with van der Waals surface area (Å²) in [6.07, 6.45) is 8.19. The second-order valence-corrected chi connectivity index (χ2v) is 9.49. The fourth-order valence-electron chi connectivity index (χ4n) is 3.70. The third kappa shape index (κ3) is 3.97. The van der Waals surface area contributed by atoms with Crippen LogP contribution in [0.25, 0.3) is 0 Å². The maximum absolute atomic E-state index is 12.7. The van der Waals surface area contributed by atoms with E-state index in [9.17, 15) is 13.2 Å². The Labute approximate surface area is 185 Å². The standard InChI is InChI=1S/C21H21N5O5S/c1-3-7-31-19-12-23-16(11-24-19)17(27)10-14-4-5-18-15(9-14)21(6-8-30-18)13-32(28,29)26(2)20(22)25-21/h1,4-5,9,11-12H,6-8,10,13H2,2H3,(H2,22,25)/t21-/m0/s1. The number of rotatable bonds is 5. The summed E-state index contributed by atoms with van der Waals surface area (Å²) in [5, 5.41) is 0. The molecule has 0 unspecified atom stereocenters. The van der Waals surface area contributed by atoms with Crippen LogP contribution in [0.4, 0.5) is 0 Å². The van der Waals surface area contributed by atoms with Gasteiger partial charge >= 0.3 is 0 Å². The van der Waals surface area contributed by atoms with Gasteiger partial charge in [-0.05, 0) is 17.7 Å². The molecule has 1 aromatic carbocycles. The topological polar surface area (TPSA) is 137 Å². The molecule has 32 heavy (non-hydrogen) atoms. The van der Waals surface area contributed by atoms with Crippen molar-refractivity contribution in [2.75, 3.05) is 26.0 Å². The first-order valence-corrected chi connectivity index (χ1v) is 11.3. The van der Waals surface area contributed by atoms with Gasteiger partial charge in [-0.15, -0.1) is 6.42 Å². The minimum absolute atomic E-state index is 0.0362. The lowest BCUT2D eigenvalue weighted by Gasteiger charge is -2.40. The van der Waals surface area contributed by atoms with Crippen LogP contribution in [0.3, 0.4) is 0 Å². The van der Waals surface area contributed by atoms with Gasteiger partial charge in [0, 0.05) is 25.5 Å². The number of hydrogen-bond donors (Lipinski definition) is 1. The summed E-state index contributed by atoms with van der Waals surface area (Å²) in [6, 6.07) is 5.23. The van der Waals surface area contributed by atoms with Crippen molar-refractivity contribution in [1.29, 1.82) is 0 Å². The minimum Gasteiger partial charge on any atom is -0.493 e. The maximum atomic E-state index is 12.7. The smallest absolute Gasteiger partial charge is 0.239 e. The Bertz CT molecular complexity index is 1240. The number of sulfonamides is 1. The van der Waals surface area contributed by atoms with E-state index in [4.69, 9.17) is 21.6 Å². The van der Waals surface area contributed by atoms with Crippen molar-refractivity contribution in [2.24, 2.45) is 10.7 Å². The predicted molar refractivity (Wildman–Crippen MR) is 116 cm³/mol. The molecule has 2 aromatic rings. The van der Waals surface area contributed by atoms with E-state index in [1.165, 1.54) is 19.4 Å². The molecular weight excluding hydrogens is 434 g/mol. The van der Waals surface area contributed by atoms with Crippen molar-refractivity contribution >= 4 is 21.8 Å². The molecule has 0 saturated heterocycles. The van der Waals surface area contributed by atoms with Gasteiger partial charge in [-0.2, -0.15) is 0 Å². The van der Waals surface area contributed by atoms with E-state index in [-0.39, 0.29) is 42.1 Å². The lowest BCUT2D eigenvalue weighted by atomic mass is 9.85. The summed E-state index contributed by atoms with van der Waals surface area (Å²) < 4.78 is 37.2. The van der Waals surface area contributed by atoms with Crippen LogP contribution in [-0.4, -0.2) is 60.4 Å². The maximum Gasteiger partial charge on any atom is 0.239 e. The Morgan fingerprint density at radius 3 is 2.88 bits per heavy atom. The zero-order valence-electron chi connectivity index (χ0n) is 17.3. The number of nitrogens with zero attached hydrogens (tertiary/aromatic N) is 4. The highest BCUT2D eigenvalue weighted by molar-refractivity contribution is 7.89. The van der Waals surface area contributed by atoms with Crippen LogP contribution in [0.5, 0.6) is 11.6 Å². The van der Waals surface area contributed by atoms with Gasteiger partial charge in [0.15, 0.2) is 12.4 Å². The number of guanidine groups is 1. The van der Waals surface area contributed by atoms with E-state index in [2.05, 4.69) is 20.9 Å². The van der Waals surface area contributed by atoms with Crippen LogP contribution in [0.15, 0.2) is 35.6 Å². The number of aliphatic imine (C=N–C) groups is 1. The molecule has 2 aliphatic heterocycles. The van der Waals surface area contributed by atoms with Crippen molar-refractivity contribution in [3.63, 3.8) is 0 Å². The quantitative estimate of drug-likeness (QED) is 0.508. The van der Waals surface area contributed by atoms with Crippen LogP contribution in [0, 0.1) is 12.3 Å². The van der Waals surface area contributed by atoms with E-state index in [0.29, 0.717) is 29.9 Å². The highest BCUT2D eigenvalue weighted by Crippen LogP contribution is 2.43. The molecule has 1 atom stereocenters. The first kappa shape index (κ1) is 21.6. The highest BCUT2D eigenvalue weighted by Gasteiger charge is 2.46. The van der Waals surface area contributed by atoms with Crippen LogP contribution in [-0.2, 0) is 22.0 Å². The predicted octanol–water partition coefficient (Wildman–Crippen LogP) is 0.482. The number of benzene rings is 1. The second kappa shape index (κ2) is 8.12. The van der Waals surface area contributed by atoms with E-state index in [0.717, 1.165) is 4.31 Å². The summed E-state index contributed by atoms with van der Waals surface area (Å²) in [5.74, 6) is 2.51. The van der Waals surface area contributed by atoms with Crippen LogP contribution < -0.4 is 15.2 Å². The normalized spacial score (nSPS) is 21.1. The molecule has 0 bridgehead atoms. The average molecular weight is 455 g/mol. The Morgan fingerprint density at radius 2 is 2.19 bits per heavy atom. The molecule has 0 saturated carbocycles. The number of aromatic nitrogens is 2. The van der Waals surface area contributed by atoms with E-state index < -0.39 is 15.6 Å². The lowest BCUT2D eigenvalue weighted by molar-refractivity contribution is 0.0987. The SMILES string of the molecule is C#CCOc1cnc(C(=O)Cc2ccc3c(c2)[C@]2(CCO3)CS(=O)(=O)N(C)C(N)=N2)cn1. The number of ketones is 1. The van der Waals surface area contributed by atoms with E-state index >= 15 is 0 Å². The van der Waals surface area contributed by atoms with Gasteiger partial charge in [0.05, 0.1) is 24.8 Å². The molecule has 0 fully saturated rings. The Morgan fingerprint density at radius 1 is 1.38 bits per heavy atom. The summed E-state index contributed by atoms with van der Waals surface area (Å²) in [4.78, 5) is 25.4. The molecule has 3 heterocycles. The number of Topliss-reactive ketones (excluding diaryl/α,β-unsaturated/α-hetero) is 1. The summed E-state index contributed by atoms with van der Waals surface area (Å²) in [6.45, 7) is 0.365. The number of ether oxygens (including phenoxy) is 2. The van der Waals surface area contributed by atoms with Gasteiger partial charge in [0.25, 0.3) is 0 Å². The second-order valence-electron chi connectivity index (χ2n) is 7.49. The molecule has 4 rings (SSSR count). The average Bonchev–Trinajstić information content (AvgIpc) is 2.77. The van der Waals surface area contributed by atoms with Gasteiger partial charge in [-0.25, -0.2) is 27.7 Å². The van der Waals surface area contributed by atoms with Crippen molar-refractivity contribution in [3.05, 3.63) is 47.4 Å². The Kier molecular flexibility index (Phi) is 5.48. The molecule has 0 aliphatic carbocycles. The van der Waals surface area contributed by atoms with Crippen molar-refractivity contribution in [1.82, 2.24) is 14.3 Å². The third-order valence-electron chi connectivity index (χ3n) is 5.39. The highest BCUT2D eigenvalue weighted by atomic mass is 32.2. The number of hydrogen-bond acceptors (Lipinski definition) is 9. The van der Waals surface area contributed by atoms with E-state index in [1.807, 2.05) is 0 Å². The van der Waals surface area contributed by atoms with Gasteiger partial charge in [-0.1, -0.05) is 12.0 Å². The fourth-order valence-corrected chi connectivity index (χ4v) is 5.18. The molecule has 0 radical (unpaired) electrons. The molecule has 11 heteroatoms. The molecule has 1 aromatic heterocycles. The van der Waals surface area contributed by atoms with E-state index in [1.54, 1.807) is 18.2 Å². The molecule has 2 aliphatic rings. The molecule has 166 valence electrons. The zero-order chi connectivity index (χ0) is 22.9. The minimum atomic E-state index is -3.64. The summed E-state index contributed by atoms with van der Waals surface area (Å²) >= 11 is 0. The summed E-state index contributed by atoms with van der Waals surface area (Å²) in [7, 11) is -2.26. The van der Waals surface area contributed by atoms with Gasteiger partial charge in [0.2, 0.25) is 21.9 Å². The Balaban J connectivity index is 1.62. The number of carbonyl (C=O) groups is 1. The Hall–Kier alpha value is -3.65. The first-order chi connectivity index (χ1) is 15.2. The van der Waals surface area contributed by atoms with Crippen LogP contribution in [0.2, 0.25) is 0 Å². The van der Waals surface area contributed by atoms with Crippen LogP contribution in [0.1, 0.15) is 28.0 Å². The molecular formula is C21H21N5O5S. The summed E-state index contributed by atoms with van der Waals surface area (Å²) in [5.41, 5.74) is 6.29. The number of terminal acetylenes is 1. The fraction of sp³-hybridized carbons (Fsp3) is 0.333. The monoisotopic (exact) mass is 455 g/mol. The van der Waals surface area contributed by atoms with Crippen molar-refractivity contribution < 1.29 is 22.7 Å². The number of fused-ring (bicyclic) bond motifs is 2.